The van der Waals surface area contributed by atoms with Gasteiger partial charge in [0.1, 0.15) is 0 Å². The number of hydrogen-bond donors (Lipinski definition) is 1. The summed E-state index contributed by atoms with van der Waals surface area (Å²) >= 11 is 0. The Labute approximate surface area is 124 Å². The highest BCUT2D eigenvalue weighted by Crippen LogP contribution is 2.00. The number of benzene rings is 2. The van der Waals surface area contributed by atoms with Crippen molar-refractivity contribution in [3.05, 3.63) is 71.8 Å². The maximum absolute atomic E-state index is 11.8. The molecule has 0 atom stereocenters. The van der Waals surface area contributed by atoms with Gasteiger partial charge in [0.05, 0.1) is 13.1 Å². The number of halogens is 1. The van der Waals surface area contributed by atoms with Crippen molar-refractivity contribution in [1.82, 2.24) is 5.32 Å². The van der Waals surface area contributed by atoms with Gasteiger partial charge in [0.2, 0.25) is 0 Å². The lowest BCUT2D eigenvalue weighted by Gasteiger charge is -2.04. The lowest BCUT2D eigenvalue weighted by molar-refractivity contribution is 0.0970. The minimum Gasteiger partial charge on any atom is -0.303 e. The highest BCUT2D eigenvalue weighted by atomic mass is 35.5. The lowest BCUT2D eigenvalue weighted by Crippen LogP contribution is -2.28. The summed E-state index contributed by atoms with van der Waals surface area (Å²) in [5.74, 6) is -0.0251. The fourth-order valence-corrected chi connectivity index (χ4v) is 1.74. The Balaban J connectivity index is 0.00000200. The van der Waals surface area contributed by atoms with Gasteiger partial charge in [0.25, 0.3) is 0 Å². The van der Waals surface area contributed by atoms with E-state index in [9.17, 15) is 9.59 Å². The number of carbonyl (C=O) groups is 2. The molecule has 2 rings (SSSR count). The van der Waals surface area contributed by atoms with E-state index in [4.69, 9.17) is 0 Å². The molecule has 0 aliphatic rings. The molecule has 4 heteroatoms. The van der Waals surface area contributed by atoms with E-state index in [1.54, 1.807) is 24.3 Å². The second kappa shape index (κ2) is 8.25. The predicted molar refractivity (Wildman–Crippen MR) is 81.7 cm³/mol. The monoisotopic (exact) mass is 289 g/mol. The fraction of sp³-hybridized carbons (Fsp3) is 0.125. The van der Waals surface area contributed by atoms with E-state index in [0.717, 1.165) is 0 Å². The molecule has 0 spiro atoms. The molecule has 104 valence electrons. The molecule has 0 aliphatic heterocycles. The van der Waals surface area contributed by atoms with Gasteiger partial charge in [0, 0.05) is 11.1 Å². The molecular weight excluding hydrogens is 274 g/mol. The molecule has 3 nitrogen and oxygen atoms in total. The second-order valence-electron chi connectivity index (χ2n) is 4.18. The van der Waals surface area contributed by atoms with E-state index in [0.29, 0.717) is 11.1 Å². The molecule has 2 aromatic rings. The Bertz CT molecular complexity index is 504. The van der Waals surface area contributed by atoms with Gasteiger partial charge in [-0.1, -0.05) is 60.7 Å². The Morgan fingerprint density at radius 1 is 0.700 bits per heavy atom. The van der Waals surface area contributed by atoms with Crippen LogP contribution in [-0.4, -0.2) is 24.7 Å². The quantitative estimate of drug-likeness (QED) is 0.832. The van der Waals surface area contributed by atoms with Gasteiger partial charge in [0.15, 0.2) is 11.6 Å². The van der Waals surface area contributed by atoms with E-state index in [1.165, 1.54) is 0 Å². The first-order valence-electron chi connectivity index (χ1n) is 6.14. The van der Waals surface area contributed by atoms with Gasteiger partial charge in [-0.3, -0.25) is 9.59 Å². The number of hydrogen-bond acceptors (Lipinski definition) is 3. The van der Waals surface area contributed by atoms with Crippen molar-refractivity contribution in [3.8, 4) is 0 Å². The number of Topliss-reactive ketones (excluding diaryl/α,β-unsaturated/α-hetero) is 2. The SMILES string of the molecule is Cl.O=C(CNCC(=O)c1ccccc1)c1ccccc1. The molecule has 0 amide bonds. The molecule has 0 saturated carbocycles. The molecule has 0 fully saturated rings. The summed E-state index contributed by atoms with van der Waals surface area (Å²) < 4.78 is 0. The van der Waals surface area contributed by atoms with Crippen LogP contribution >= 0.6 is 12.4 Å². The Morgan fingerprint density at radius 2 is 1.05 bits per heavy atom. The number of rotatable bonds is 6. The molecule has 0 bridgehead atoms. The van der Waals surface area contributed by atoms with E-state index in [1.807, 2.05) is 36.4 Å². The van der Waals surface area contributed by atoms with Crippen LogP contribution in [0.4, 0.5) is 0 Å². The standard InChI is InChI=1S/C16H15NO2.ClH/c18-15(13-7-3-1-4-8-13)11-17-12-16(19)14-9-5-2-6-10-14;/h1-10,17H,11-12H2;1H. The molecule has 0 radical (unpaired) electrons. The van der Waals surface area contributed by atoms with Gasteiger partial charge in [-0.2, -0.15) is 0 Å². The Hall–Kier alpha value is -1.97. The maximum Gasteiger partial charge on any atom is 0.176 e. The van der Waals surface area contributed by atoms with Crippen LogP contribution < -0.4 is 5.32 Å². The normalized spacial score (nSPS) is 9.60. The van der Waals surface area contributed by atoms with Crippen LogP contribution in [0.2, 0.25) is 0 Å². The van der Waals surface area contributed by atoms with Crippen LogP contribution in [0.25, 0.3) is 0 Å². The average Bonchev–Trinajstić information content (AvgIpc) is 2.49. The van der Waals surface area contributed by atoms with Crippen molar-refractivity contribution in [1.29, 1.82) is 0 Å². The first-order chi connectivity index (χ1) is 9.27. The number of ketones is 2. The van der Waals surface area contributed by atoms with Crippen molar-refractivity contribution in [3.63, 3.8) is 0 Å². The van der Waals surface area contributed by atoms with Gasteiger partial charge in [-0.15, -0.1) is 12.4 Å². The van der Waals surface area contributed by atoms with Crippen molar-refractivity contribution in [2.45, 2.75) is 0 Å². The zero-order valence-electron chi connectivity index (χ0n) is 10.9. The Morgan fingerprint density at radius 3 is 1.40 bits per heavy atom. The van der Waals surface area contributed by atoms with Crippen molar-refractivity contribution in [2.24, 2.45) is 0 Å². The summed E-state index contributed by atoms with van der Waals surface area (Å²) in [5.41, 5.74) is 1.31. The molecule has 20 heavy (non-hydrogen) atoms. The van der Waals surface area contributed by atoms with Crippen LogP contribution in [0, 0.1) is 0 Å². The van der Waals surface area contributed by atoms with Gasteiger partial charge in [-0.25, -0.2) is 0 Å². The summed E-state index contributed by atoms with van der Waals surface area (Å²) in [6.07, 6.45) is 0. The molecule has 0 unspecified atom stereocenters. The molecule has 0 heterocycles. The minimum atomic E-state index is -0.0125. The highest BCUT2D eigenvalue weighted by Gasteiger charge is 2.07. The zero-order chi connectivity index (χ0) is 13.5. The van der Waals surface area contributed by atoms with E-state index in [-0.39, 0.29) is 37.1 Å². The molecular formula is C16H16ClNO2. The lowest BCUT2D eigenvalue weighted by atomic mass is 10.1. The van der Waals surface area contributed by atoms with Gasteiger partial charge < -0.3 is 5.32 Å². The average molecular weight is 290 g/mol. The molecule has 1 N–H and O–H groups in total. The maximum atomic E-state index is 11.8. The van der Waals surface area contributed by atoms with Crippen molar-refractivity contribution >= 4 is 24.0 Å². The summed E-state index contributed by atoms with van der Waals surface area (Å²) in [4.78, 5) is 23.6. The fourth-order valence-electron chi connectivity index (χ4n) is 1.74. The summed E-state index contributed by atoms with van der Waals surface area (Å²) in [5, 5.41) is 2.88. The zero-order valence-corrected chi connectivity index (χ0v) is 11.7. The van der Waals surface area contributed by atoms with Crippen LogP contribution in [0.1, 0.15) is 20.7 Å². The minimum absolute atomic E-state index is 0. The first-order valence-corrected chi connectivity index (χ1v) is 6.14. The smallest absolute Gasteiger partial charge is 0.176 e. The highest BCUT2D eigenvalue weighted by molar-refractivity contribution is 5.99. The van der Waals surface area contributed by atoms with Crippen molar-refractivity contribution in [2.75, 3.05) is 13.1 Å². The largest absolute Gasteiger partial charge is 0.303 e. The molecule has 0 saturated heterocycles. The van der Waals surface area contributed by atoms with Crippen LogP contribution in [0.15, 0.2) is 60.7 Å². The third kappa shape index (κ3) is 4.61. The van der Waals surface area contributed by atoms with Gasteiger partial charge >= 0.3 is 0 Å². The van der Waals surface area contributed by atoms with Crippen molar-refractivity contribution < 1.29 is 9.59 Å². The van der Waals surface area contributed by atoms with Crippen LogP contribution in [0.5, 0.6) is 0 Å². The topological polar surface area (TPSA) is 46.2 Å². The molecule has 0 aromatic heterocycles. The molecule has 2 aromatic carbocycles. The van der Waals surface area contributed by atoms with E-state index in [2.05, 4.69) is 5.32 Å². The summed E-state index contributed by atoms with van der Waals surface area (Å²) in [6.45, 7) is 0.338. The summed E-state index contributed by atoms with van der Waals surface area (Å²) in [6, 6.07) is 18.1. The van der Waals surface area contributed by atoms with Crippen LogP contribution in [0.3, 0.4) is 0 Å². The molecule has 0 aliphatic carbocycles. The predicted octanol–water partition coefficient (Wildman–Crippen LogP) is 2.76. The number of carbonyl (C=O) groups excluding carboxylic acids is 2. The second-order valence-corrected chi connectivity index (χ2v) is 4.18. The first kappa shape index (κ1) is 16.1. The van der Waals surface area contributed by atoms with Gasteiger partial charge in [-0.05, 0) is 0 Å². The van der Waals surface area contributed by atoms with Crippen LogP contribution in [-0.2, 0) is 0 Å². The third-order valence-electron chi connectivity index (χ3n) is 2.76. The van der Waals surface area contributed by atoms with E-state index < -0.39 is 0 Å². The summed E-state index contributed by atoms with van der Waals surface area (Å²) in [7, 11) is 0. The number of nitrogens with one attached hydrogen (secondary N) is 1. The Kier molecular flexibility index (Phi) is 6.64. The third-order valence-corrected chi connectivity index (χ3v) is 2.76. The van der Waals surface area contributed by atoms with E-state index >= 15 is 0 Å².